The monoisotopic (exact) mass is 330 g/mol. The number of methoxy groups -OCH3 is 2. The Labute approximate surface area is 146 Å². The molecule has 0 saturated heterocycles. The zero-order valence-corrected chi connectivity index (χ0v) is 16.2. The molecule has 2 aromatic rings. The molecule has 132 valence electrons. The van der Waals surface area contributed by atoms with Gasteiger partial charge in [0, 0.05) is 18.5 Å². The Kier molecular flexibility index (Phi) is 6.76. The lowest BCUT2D eigenvalue weighted by Gasteiger charge is -2.18. The van der Waals surface area contributed by atoms with Crippen LogP contribution >= 0.6 is 0 Å². The van der Waals surface area contributed by atoms with E-state index in [1.165, 1.54) is 11.1 Å². The van der Waals surface area contributed by atoms with Gasteiger partial charge in [-0.15, -0.1) is 0 Å². The largest absolute Gasteiger partial charge is 0.495 e. The summed E-state index contributed by atoms with van der Waals surface area (Å²) in [5, 5.41) is 0. The summed E-state index contributed by atoms with van der Waals surface area (Å²) in [6.45, 7) is 13.0. The van der Waals surface area contributed by atoms with E-state index in [9.17, 15) is 0 Å². The van der Waals surface area contributed by atoms with Crippen LogP contribution in [0.4, 0.5) is 0 Å². The highest BCUT2D eigenvalue weighted by Crippen LogP contribution is 2.24. The van der Waals surface area contributed by atoms with Crippen molar-refractivity contribution in [1.82, 2.24) is 9.97 Å². The average Bonchev–Trinajstić information content (AvgIpc) is 2.54. The molecule has 0 radical (unpaired) electrons. The molecule has 0 atom stereocenters. The smallest absolute Gasteiger partial charge is 0.212 e. The second-order valence-corrected chi connectivity index (χ2v) is 7.70. The van der Waals surface area contributed by atoms with Gasteiger partial charge in [-0.2, -0.15) is 0 Å². The minimum absolute atomic E-state index is 0.140. The van der Waals surface area contributed by atoms with Gasteiger partial charge in [0.15, 0.2) is 0 Å². The highest BCUT2D eigenvalue weighted by atomic mass is 16.5. The number of hydrogen-bond donors (Lipinski definition) is 0. The van der Waals surface area contributed by atoms with Crippen molar-refractivity contribution in [3.05, 3.63) is 47.9 Å². The molecule has 4 heteroatoms. The predicted octanol–water partition coefficient (Wildman–Crippen LogP) is 4.78. The van der Waals surface area contributed by atoms with Gasteiger partial charge in [-0.1, -0.05) is 47.6 Å². The van der Waals surface area contributed by atoms with E-state index in [0.717, 1.165) is 5.75 Å². The average molecular weight is 330 g/mol. The maximum atomic E-state index is 5.09. The van der Waals surface area contributed by atoms with Crippen molar-refractivity contribution in [2.45, 2.75) is 52.4 Å². The quantitative estimate of drug-likeness (QED) is 0.795. The molecule has 0 fully saturated rings. The molecular weight excluding hydrogens is 300 g/mol. The SMILES string of the molecule is COc1ccc(C(C)(C)C)cn1.COc1cncc(C(C)(C)C)c1. The molecule has 0 saturated carbocycles. The number of rotatable bonds is 2. The third-order valence-electron chi connectivity index (χ3n) is 3.63. The second kappa shape index (κ2) is 8.13. The fourth-order valence-corrected chi connectivity index (χ4v) is 1.89. The molecule has 2 heterocycles. The van der Waals surface area contributed by atoms with Crippen molar-refractivity contribution < 1.29 is 9.47 Å². The van der Waals surface area contributed by atoms with Gasteiger partial charge in [0.2, 0.25) is 5.88 Å². The lowest BCUT2D eigenvalue weighted by Crippen LogP contribution is -2.11. The standard InChI is InChI=1S/2C10H15NO/c1-10(2,3)8-5-9(12-4)7-11-6-8;1-10(2,3)8-5-6-9(12-4)11-7-8/h2*5-7H,1-4H3. The van der Waals surface area contributed by atoms with Crippen molar-refractivity contribution in [3.8, 4) is 11.6 Å². The summed E-state index contributed by atoms with van der Waals surface area (Å²) in [6.07, 6.45) is 5.45. The van der Waals surface area contributed by atoms with Crippen LogP contribution in [0.1, 0.15) is 52.7 Å². The van der Waals surface area contributed by atoms with Crippen LogP contribution in [-0.2, 0) is 10.8 Å². The Morgan fingerprint density at radius 2 is 1.38 bits per heavy atom. The van der Waals surface area contributed by atoms with Crippen LogP contribution in [0.5, 0.6) is 11.6 Å². The van der Waals surface area contributed by atoms with Gasteiger partial charge in [-0.3, -0.25) is 4.98 Å². The molecule has 2 aromatic heterocycles. The molecule has 0 aliphatic rings. The summed E-state index contributed by atoms with van der Waals surface area (Å²) in [5.74, 6) is 1.49. The fraction of sp³-hybridized carbons (Fsp3) is 0.500. The number of ether oxygens (including phenoxy) is 2. The van der Waals surface area contributed by atoms with E-state index in [2.05, 4.69) is 51.5 Å². The zero-order chi connectivity index (χ0) is 18.4. The molecule has 24 heavy (non-hydrogen) atoms. The minimum atomic E-state index is 0.140. The highest BCUT2D eigenvalue weighted by molar-refractivity contribution is 5.28. The molecule has 0 amide bonds. The lowest BCUT2D eigenvalue weighted by atomic mass is 9.88. The molecule has 0 bridgehead atoms. The first-order chi connectivity index (χ1) is 11.1. The zero-order valence-electron chi connectivity index (χ0n) is 16.2. The normalized spacial score (nSPS) is 11.3. The minimum Gasteiger partial charge on any atom is -0.495 e. The third-order valence-corrected chi connectivity index (χ3v) is 3.63. The molecule has 0 N–H and O–H groups in total. The fourth-order valence-electron chi connectivity index (χ4n) is 1.89. The first kappa shape index (κ1) is 19.9. The van der Waals surface area contributed by atoms with E-state index in [4.69, 9.17) is 9.47 Å². The summed E-state index contributed by atoms with van der Waals surface area (Å²) >= 11 is 0. The number of hydrogen-bond acceptors (Lipinski definition) is 4. The van der Waals surface area contributed by atoms with Crippen LogP contribution in [0.15, 0.2) is 36.8 Å². The van der Waals surface area contributed by atoms with Gasteiger partial charge in [0.05, 0.1) is 20.4 Å². The Bertz CT molecular complexity index is 623. The Morgan fingerprint density at radius 1 is 0.750 bits per heavy atom. The molecule has 0 aliphatic carbocycles. The number of pyridine rings is 2. The summed E-state index contributed by atoms with van der Waals surface area (Å²) < 4.78 is 10.1. The summed E-state index contributed by atoms with van der Waals surface area (Å²) in [7, 11) is 3.28. The van der Waals surface area contributed by atoms with E-state index in [1.807, 2.05) is 30.6 Å². The second-order valence-electron chi connectivity index (χ2n) is 7.70. The summed E-state index contributed by atoms with van der Waals surface area (Å²) in [6, 6.07) is 5.96. The van der Waals surface area contributed by atoms with E-state index in [1.54, 1.807) is 20.4 Å². The van der Waals surface area contributed by atoms with Crippen molar-refractivity contribution in [1.29, 1.82) is 0 Å². The summed E-state index contributed by atoms with van der Waals surface area (Å²) in [5.41, 5.74) is 2.73. The summed E-state index contributed by atoms with van der Waals surface area (Å²) in [4.78, 5) is 8.24. The van der Waals surface area contributed by atoms with E-state index in [-0.39, 0.29) is 10.8 Å². The number of aromatic nitrogens is 2. The van der Waals surface area contributed by atoms with Crippen LogP contribution < -0.4 is 9.47 Å². The van der Waals surface area contributed by atoms with Crippen molar-refractivity contribution in [3.63, 3.8) is 0 Å². The first-order valence-electron chi connectivity index (χ1n) is 8.08. The van der Waals surface area contributed by atoms with Crippen LogP contribution in [0.3, 0.4) is 0 Å². The van der Waals surface area contributed by atoms with Crippen LogP contribution in [0, 0.1) is 0 Å². The Hall–Kier alpha value is -2.10. The van der Waals surface area contributed by atoms with Crippen molar-refractivity contribution in [2.75, 3.05) is 14.2 Å². The van der Waals surface area contributed by atoms with Gasteiger partial charge in [-0.25, -0.2) is 4.98 Å². The molecular formula is C20H30N2O2. The van der Waals surface area contributed by atoms with Crippen molar-refractivity contribution in [2.24, 2.45) is 0 Å². The van der Waals surface area contributed by atoms with Crippen LogP contribution in [0.25, 0.3) is 0 Å². The highest BCUT2D eigenvalue weighted by Gasteiger charge is 2.14. The van der Waals surface area contributed by atoms with Gasteiger partial charge in [0.1, 0.15) is 5.75 Å². The molecule has 2 rings (SSSR count). The maximum absolute atomic E-state index is 5.09. The van der Waals surface area contributed by atoms with Crippen LogP contribution in [-0.4, -0.2) is 24.2 Å². The molecule has 4 nitrogen and oxygen atoms in total. The molecule has 0 unspecified atom stereocenters. The predicted molar refractivity (Wildman–Crippen MR) is 99.0 cm³/mol. The van der Waals surface area contributed by atoms with Gasteiger partial charge in [0.25, 0.3) is 0 Å². The first-order valence-corrected chi connectivity index (χ1v) is 8.08. The maximum Gasteiger partial charge on any atom is 0.212 e. The Morgan fingerprint density at radius 3 is 1.79 bits per heavy atom. The molecule has 0 aromatic carbocycles. The van der Waals surface area contributed by atoms with E-state index >= 15 is 0 Å². The Balaban J connectivity index is 0.000000240. The van der Waals surface area contributed by atoms with Crippen LogP contribution in [0.2, 0.25) is 0 Å². The van der Waals surface area contributed by atoms with Gasteiger partial charge >= 0.3 is 0 Å². The van der Waals surface area contributed by atoms with Gasteiger partial charge in [-0.05, 0) is 28.0 Å². The topological polar surface area (TPSA) is 44.2 Å². The van der Waals surface area contributed by atoms with Crippen molar-refractivity contribution >= 4 is 0 Å². The van der Waals surface area contributed by atoms with E-state index in [0.29, 0.717) is 5.88 Å². The van der Waals surface area contributed by atoms with Gasteiger partial charge < -0.3 is 9.47 Å². The number of nitrogens with zero attached hydrogens (tertiary/aromatic N) is 2. The molecule has 0 aliphatic heterocycles. The molecule has 0 spiro atoms. The lowest BCUT2D eigenvalue weighted by molar-refractivity contribution is 0.397. The third kappa shape index (κ3) is 6.19. The van der Waals surface area contributed by atoms with E-state index < -0.39 is 0 Å².